The van der Waals surface area contributed by atoms with Crippen LogP contribution in [0.15, 0.2) is 11.6 Å². The maximum Gasteiger partial charge on any atom is 0.407 e. The fourth-order valence-electron chi connectivity index (χ4n) is 10.9. The van der Waals surface area contributed by atoms with Crippen LogP contribution in [-0.4, -0.2) is 94.4 Å². The molecule has 0 unspecified atom stereocenters. The molecule has 1 heterocycles. The summed E-state index contributed by atoms with van der Waals surface area (Å²) in [6.07, 6.45) is 15.9. The Morgan fingerprint density at radius 2 is 1.47 bits per heavy atom. The molecule has 0 spiro atoms. The second kappa shape index (κ2) is 20.8. The van der Waals surface area contributed by atoms with E-state index >= 15 is 0 Å². The van der Waals surface area contributed by atoms with Crippen LogP contribution in [0, 0.1) is 46.3 Å². The third-order valence-corrected chi connectivity index (χ3v) is 13.8. The zero-order chi connectivity index (χ0) is 39.4. The van der Waals surface area contributed by atoms with E-state index in [1.165, 1.54) is 56.9 Å². The molecule has 0 aromatic rings. The molecule has 3 saturated carbocycles. The monoisotopic (exact) mass is 775 g/mol. The van der Waals surface area contributed by atoms with Crippen LogP contribution in [0.3, 0.4) is 0 Å². The molecule has 1 N–H and O–H groups in total. The summed E-state index contributed by atoms with van der Waals surface area (Å²) in [5.41, 5.74) is 2.27. The average molecular weight is 775 g/mol. The van der Waals surface area contributed by atoms with E-state index in [-0.39, 0.29) is 50.1 Å². The first-order chi connectivity index (χ1) is 26.4. The van der Waals surface area contributed by atoms with Crippen molar-refractivity contribution in [1.29, 1.82) is 0 Å². The molecule has 0 bridgehead atoms. The highest BCUT2D eigenvalue weighted by Gasteiger charge is 2.59. The Morgan fingerprint density at radius 3 is 2.15 bits per heavy atom. The Hall–Kier alpha value is -2.54. The summed E-state index contributed by atoms with van der Waals surface area (Å²) in [4.78, 5) is 52.1. The quantitative estimate of drug-likeness (QED) is 0.0684. The number of hydrogen-bond donors (Lipinski definition) is 1. The number of alkyl carbamates (subject to hydrolysis) is 1. The molecular weight excluding hydrogens is 704 g/mol. The minimum absolute atomic E-state index is 0.0603. The number of nitrogens with zero attached hydrogens (tertiary/aromatic N) is 1. The molecule has 4 fully saturated rings. The van der Waals surface area contributed by atoms with Crippen LogP contribution in [-0.2, 0) is 42.9 Å². The molecule has 312 valence electrons. The highest BCUT2D eigenvalue weighted by Crippen LogP contribution is 2.67. The third kappa shape index (κ3) is 11.5. The molecule has 12 nitrogen and oxygen atoms in total. The molecule has 5 aliphatic rings. The lowest BCUT2D eigenvalue weighted by Crippen LogP contribution is -2.51. The van der Waals surface area contributed by atoms with E-state index in [0.717, 1.165) is 54.8 Å². The van der Waals surface area contributed by atoms with Gasteiger partial charge in [0.25, 0.3) is 11.8 Å². The van der Waals surface area contributed by atoms with Crippen LogP contribution < -0.4 is 5.32 Å². The first-order valence-electron chi connectivity index (χ1n) is 21.4. The first kappa shape index (κ1) is 43.6. The van der Waals surface area contributed by atoms with Crippen molar-refractivity contribution >= 4 is 23.9 Å². The molecule has 0 radical (unpaired) electrons. The molecule has 1 saturated heterocycles. The molecule has 0 aromatic heterocycles. The average Bonchev–Trinajstić information content (AvgIpc) is 3.67. The van der Waals surface area contributed by atoms with Crippen molar-refractivity contribution in [3.05, 3.63) is 11.6 Å². The van der Waals surface area contributed by atoms with Gasteiger partial charge in [0.15, 0.2) is 0 Å². The number of ether oxygens (including phenoxy) is 5. The highest BCUT2D eigenvalue weighted by molar-refractivity contribution is 6.01. The standard InChI is InChI=1S/C43H70N2O10/c1-30(2)7-6-8-31(3)35-11-12-36-34-10-9-32-29-33(15-18-42(32,4)37(34)16-19-43(35,36)5)54-41(49)44-20-22-51-24-26-53-28-27-52-25-23-50-21-17-40(48)55-45-38(46)13-14-39(45)47/h9,30-31,33-37H,6-8,10-29H2,1-5H3,(H,44,49)/t31-,33+,34+,35-,36+,37+,42+,43-/m1/s1. The zero-order valence-electron chi connectivity index (χ0n) is 34.4. The number of imide groups is 1. The van der Waals surface area contributed by atoms with E-state index in [4.69, 9.17) is 28.5 Å². The summed E-state index contributed by atoms with van der Waals surface area (Å²) in [6, 6.07) is 0. The topological polar surface area (TPSA) is 139 Å². The van der Waals surface area contributed by atoms with Crippen molar-refractivity contribution in [3.8, 4) is 0 Å². The Bertz CT molecular complexity index is 1310. The number of amides is 3. The Labute approximate surface area is 329 Å². The van der Waals surface area contributed by atoms with E-state index in [1.807, 2.05) is 0 Å². The lowest BCUT2D eigenvalue weighted by Gasteiger charge is -2.58. The molecule has 8 atom stereocenters. The van der Waals surface area contributed by atoms with Crippen LogP contribution in [0.2, 0.25) is 0 Å². The van der Waals surface area contributed by atoms with Crippen molar-refractivity contribution in [2.75, 3.05) is 59.4 Å². The zero-order valence-corrected chi connectivity index (χ0v) is 34.4. The summed E-state index contributed by atoms with van der Waals surface area (Å²) in [7, 11) is 0. The van der Waals surface area contributed by atoms with Crippen LogP contribution >= 0.6 is 0 Å². The number of carbonyl (C=O) groups excluding carboxylic acids is 4. The van der Waals surface area contributed by atoms with E-state index in [2.05, 4.69) is 46.0 Å². The molecular formula is C43H70N2O10. The van der Waals surface area contributed by atoms with Crippen molar-refractivity contribution in [2.45, 2.75) is 131 Å². The maximum atomic E-state index is 12.7. The maximum absolute atomic E-state index is 12.7. The fourth-order valence-corrected chi connectivity index (χ4v) is 10.9. The minimum Gasteiger partial charge on any atom is -0.446 e. The van der Waals surface area contributed by atoms with Gasteiger partial charge in [-0.2, -0.15) is 0 Å². The van der Waals surface area contributed by atoms with Gasteiger partial charge in [-0.25, -0.2) is 9.59 Å². The number of allylic oxidation sites excluding steroid dienone is 1. The van der Waals surface area contributed by atoms with Gasteiger partial charge in [0.05, 0.1) is 59.3 Å². The normalized spacial score (nSPS) is 30.8. The molecule has 1 aliphatic heterocycles. The number of carbonyl (C=O) groups is 4. The van der Waals surface area contributed by atoms with Crippen molar-refractivity contribution in [2.24, 2.45) is 46.3 Å². The van der Waals surface area contributed by atoms with Crippen molar-refractivity contribution in [1.82, 2.24) is 10.4 Å². The van der Waals surface area contributed by atoms with Gasteiger partial charge in [-0.05, 0) is 91.3 Å². The number of rotatable bonds is 22. The number of hydroxylamine groups is 2. The first-order valence-corrected chi connectivity index (χ1v) is 21.4. The summed E-state index contributed by atoms with van der Waals surface area (Å²) in [5, 5.41) is 3.38. The summed E-state index contributed by atoms with van der Waals surface area (Å²) in [5.74, 6) is 3.21. The van der Waals surface area contributed by atoms with Gasteiger partial charge in [-0.15, -0.1) is 5.06 Å². The van der Waals surface area contributed by atoms with Gasteiger partial charge >= 0.3 is 12.1 Å². The molecule has 55 heavy (non-hydrogen) atoms. The molecule has 4 aliphatic carbocycles. The van der Waals surface area contributed by atoms with E-state index in [9.17, 15) is 19.2 Å². The SMILES string of the molecule is CC(C)CCC[C@@H](C)[C@H]1CC[C@H]2[C@@H]3CC=C4C[C@@H](OC(=O)NCCOCCOCCOCCOCCC(=O)ON5C(=O)CCC5=O)CC[C@]4(C)[C@H]3CC[C@]12C. The Kier molecular flexibility index (Phi) is 16.4. The smallest absolute Gasteiger partial charge is 0.407 e. The van der Waals surface area contributed by atoms with Crippen molar-refractivity contribution in [3.63, 3.8) is 0 Å². The minimum atomic E-state index is -0.696. The summed E-state index contributed by atoms with van der Waals surface area (Å²) < 4.78 is 27.8. The Balaban J connectivity index is 0.872. The molecule has 5 rings (SSSR count). The van der Waals surface area contributed by atoms with E-state index in [0.29, 0.717) is 56.7 Å². The van der Waals surface area contributed by atoms with Crippen LogP contribution in [0.4, 0.5) is 4.79 Å². The third-order valence-electron chi connectivity index (χ3n) is 13.8. The fraction of sp³-hybridized carbons (Fsp3) is 0.860. The predicted octanol–water partition coefficient (Wildman–Crippen LogP) is 7.19. The number of nitrogens with one attached hydrogen (secondary N) is 1. The summed E-state index contributed by atoms with van der Waals surface area (Å²) >= 11 is 0. The second-order valence-electron chi connectivity index (χ2n) is 17.7. The van der Waals surface area contributed by atoms with Gasteiger partial charge in [-0.3, -0.25) is 9.59 Å². The number of hydrogen-bond acceptors (Lipinski definition) is 10. The number of fused-ring (bicyclic) bond motifs is 5. The van der Waals surface area contributed by atoms with E-state index in [1.54, 1.807) is 0 Å². The van der Waals surface area contributed by atoms with Crippen molar-refractivity contribution < 1.29 is 47.7 Å². The predicted molar refractivity (Wildman–Crippen MR) is 206 cm³/mol. The molecule has 12 heteroatoms. The van der Waals surface area contributed by atoms with Gasteiger partial charge in [0, 0.05) is 25.8 Å². The lowest BCUT2D eigenvalue weighted by molar-refractivity contribution is -0.198. The van der Waals surface area contributed by atoms with Crippen LogP contribution in [0.1, 0.15) is 125 Å². The largest absolute Gasteiger partial charge is 0.446 e. The van der Waals surface area contributed by atoms with Crippen LogP contribution in [0.5, 0.6) is 0 Å². The molecule has 0 aromatic carbocycles. The summed E-state index contributed by atoms with van der Waals surface area (Å²) in [6.45, 7) is 15.5. The van der Waals surface area contributed by atoms with Crippen LogP contribution in [0.25, 0.3) is 0 Å². The Morgan fingerprint density at radius 1 is 0.818 bits per heavy atom. The molecule has 3 amide bonds. The van der Waals surface area contributed by atoms with Gasteiger partial charge in [-0.1, -0.05) is 65.5 Å². The van der Waals surface area contributed by atoms with Gasteiger partial charge in [0.2, 0.25) is 0 Å². The highest BCUT2D eigenvalue weighted by atomic mass is 16.7. The van der Waals surface area contributed by atoms with Gasteiger partial charge in [0.1, 0.15) is 6.10 Å². The lowest BCUT2D eigenvalue weighted by atomic mass is 9.47. The van der Waals surface area contributed by atoms with E-state index < -0.39 is 17.8 Å². The second-order valence-corrected chi connectivity index (χ2v) is 17.7. The van der Waals surface area contributed by atoms with Gasteiger partial charge < -0.3 is 33.8 Å².